The van der Waals surface area contributed by atoms with E-state index in [2.05, 4.69) is 26.1 Å². The Morgan fingerprint density at radius 2 is 1.62 bits per heavy atom. The molecule has 3 aromatic carbocycles. The van der Waals surface area contributed by atoms with E-state index in [1.54, 1.807) is 17.0 Å². The van der Waals surface area contributed by atoms with Gasteiger partial charge in [-0.2, -0.15) is 5.10 Å². The van der Waals surface area contributed by atoms with Crippen LogP contribution in [-0.4, -0.2) is 16.1 Å². The Bertz CT molecular complexity index is 1190. The largest absolute Gasteiger partial charge is 0.295 e. The Balaban J connectivity index is 1.72. The number of rotatable bonds is 3. The van der Waals surface area contributed by atoms with Crippen LogP contribution < -0.4 is 4.90 Å². The minimum atomic E-state index is -0.341. The van der Waals surface area contributed by atoms with Crippen LogP contribution >= 0.6 is 15.9 Å². The van der Waals surface area contributed by atoms with E-state index in [0.29, 0.717) is 11.4 Å². The van der Waals surface area contributed by atoms with Gasteiger partial charge in [-0.05, 0) is 54.1 Å². The molecular formula is C23H15BrFN3O. The highest BCUT2D eigenvalue weighted by atomic mass is 79.9. The van der Waals surface area contributed by atoms with Crippen LogP contribution in [0.1, 0.15) is 27.7 Å². The van der Waals surface area contributed by atoms with Crippen molar-refractivity contribution in [1.29, 1.82) is 0 Å². The van der Waals surface area contributed by atoms with Gasteiger partial charge in [0, 0.05) is 21.3 Å². The second-order valence-electron chi connectivity index (χ2n) is 6.83. The fourth-order valence-electron chi connectivity index (χ4n) is 3.79. The van der Waals surface area contributed by atoms with Gasteiger partial charge < -0.3 is 0 Å². The Labute approximate surface area is 175 Å². The quantitative estimate of drug-likeness (QED) is 0.435. The maximum atomic E-state index is 13.4. The van der Waals surface area contributed by atoms with Crippen molar-refractivity contribution in [3.05, 3.63) is 106 Å². The number of H-pyrrole nitrogens is 1. The van der Waals surface area contributed by atoms with E-state index in [1.165, 1.54) is 12.1 Å². The second kappa shape index (κ2) is 6.97. The topological polar surface area (TPSA) is 49.0 Å². The number of halogens is 2. The normalized spacial score (nSPS) is 15.6. The molecule has 6 heteroatoms. The summed E-state index contributed by atoms with van der Waals surface area (Å²) >= 11 is 3.47. The lowest BCUT2D eigenvalue weighted by Gasteiger charge is -2.26. The van der Waals surface area contributed by atoms with Crippen molar-refractivity contribution < 1.29 is 9.18 Å². The molecular weight excluding hydrogens is 433 g/mol. The lowest BCUT2D eigenvalue weighted by Crippen LogP contribution is -2.29. The monoisotopic (exact) mass is 447 g/mol. The number of hydrogen-bond donors (Lipinski definition) is 1. The van der Waals surface area contributed by atoms with Crippen molar-refractivity contribution >= 4 is 27.5 Å². The van der Waals surface area contributed by atoms with Crippen LogP contribution in [0, 0.1) is 5.82 Å². The van der Waals surface area contributed by atoms with Crippen LogP contribution in [0.3, 0.4) is 0 Å². The molecule has 1 amide bonds. The second-order valence-corrected chi connectivity index (χ2v) is 7.75. The number of hydrogen-bond acceptors (Lipinski definition) is 2. The zero-order valence-electron chi connectivity index (χ0n) is 15.1. The van der Waals surface area contributed by atoms with E-state index in [-0.39, 0.29) is 17.8 Å². The average Bonchev–Trinajstić information content (AvgIpc) is 3.29. The lowest BCUT2D eigenvalue weighted by molar-refractivity contribution is 0.0989. The first-order chi connectivity index (χ1) is 14.1. The number of benzene rings is 3. The van der Waals surface area contributed by atoms with Gasteiger partial charge in [0.25, 0.3) is 5.91 Å². The van der Waals surface area contributed by atoms with Gasteiger partial charge in [0.15, 0.2) is 0 Å². The number of aromatic amines is 1. The summed E-state index contributed by atoms with van der Waals surface area (Å²) in [5.74, 6) is -0.452. The van der Waals surface area contributed by atoms with Crippen LogP contribution in [0.25, 0.3) is 11.3 Å². The van der Waals surface area contributed by atoms with E-state index < -0.39 is 0 Å². The fourth-order valence-corrected chi connectivity index (χ4v) is 4.05. The summed E-state index contributed by atoms with van der Waals surface area (Å²) in [5, 5.41) is 7.32. The third-order valence-electron chi connectivity index (χ3n) is 5.11. The maximum Gasteiger partial charge on any atom is 0.277 e. The molecule has 29 heavy (non-hydrogen) atoms. The summed E-state index contributed by atoms with van der Waals surface area (Å²) in [6.07, 6.45) is 0. The highest BCUT2D eigenvalue weighted by Gasteiger charge is 2.42. The third kappa shape index (κ3) is 2.96. The van der Waals surface area contributed by atoms with Crippen molar-refractivity contribution in [2.24, 2.45) is 0 Å². The molecule has 0 fully saturated rings. The number of nitrogens with one attached hydrogen (secondary N) is 1. The minimum Gasteiger partial charge on any atom is -0.295 e. The molecule has 0 spiro atoms. The fraction of sp³-hybridized carbons (Fsp3) is 0.0435. The Kier molecular flexibility index (Phi) is 4.28. The molecule has 0 saturated carbocycles. The zero-order valence-corrected chi connectivity index (χ0v) is 16.7. The minimum absolute atomic E-state index is 0.139. The molecule has 0 saturated heterocycles. The number of amides is 1. The van der Waals surface area contributed by atoms with Crippen molar-refractivity contribution in [2.45, 2.75) is 6.04 Å². The molecule has 0 aliphatic carbocycles. The lowest BCUT2D eigenvalue weighted by atomic mass is 9.96. The van der Waals surface area contributed by atoms with Gasteiger partial charge in [0.1, 0.15) is 11.5 Å². The number of para-hydroxylation sites is 1. The van der Waals surface area contributed by atoms with E-state index in [1.807, 2.05) is 54.6 Å². The van der Waals surface area contributed by atoms with E-state index >= 15 is 0 Å². The molecule has 1 aliphatic heterocycles. The number of aromatic nitrogens is 2. The molecule has 1 aliphatic rings. The van der Waals surface area contributed by atoms with Gasteiger partial charge in [0.05, 0.1) is 11.7 Å². The first kappa shape index (κ1) is 17.8. The van der Waals surface area contributed by atoms with Crippen LogP contribution in [0.15, 0.2) is 83.3 Å². The standard InChI is InChI=1S/C23H15BrFN3O/c24-16-10-6-15(7-11-16)22-19-20(14-8-12-17(25)13-9-14)26-27-21(19)23(29)28(22)18-4-2-1-3-5-18/h1-13,22H,(H,26,27)/t22-/m0/s1. The number of anilines is 1. The molecule has 142 valence electrons. The van der Waals surface area contributed by atoms with Crippen molar-refractivity contribution in [3.8, 4) is 11.3 Å². The van der Waals surface area contributed by atoms with Gasteiger partial charge in [-0.3, -0.25) is 14.8 Å². The van der Waals surface area contributed by atoms with Crippen molar-refractivity contribution in [1.82, 2.24) is 10.2 Å². The third-order valence-corrected chi connectivity index (χ3v) is 5.63. The summed E-state index contributed by atoms with van der Waals surface area (Å²) in [7, 11) is 0. The summed E-state index contributed by atoms with van der Waals surface area (Å²) in [6, 6.07) is 23.3. The van der Waals surface area contributed by atoms with Crippen LogP contribution in [-0.2, 0) is 0 Å². The number of nitrogens with zero attached hydrogens (tertiary/aromatic N) is 2. The molecule has 4 nitrogen and oxygen atoms in total. The Morgan fingerprint density at radius 1 is 0.931 bits per heavy atom. The smallest absolute Gasteiger partial charge is 0.277 e. The SMILES string of the molecule is O=C1c2[nH]nc(-c3ccc(F)cc3)c2[C@H](c2ccc(Br)cc2)N1c1ccccc1. The predicted molar refractivity (Wildman–Crippen MR) is 113 cm³/mol. The molecule has 1 aromatic heterocycles. The molecule has 1 N–H and O–H groups in total. The van der Waals surface area contributed by atoms with E-state index in [4.69, 9.17) is 0 Å². The van der Waals surface area contributed by atoms with E-state index in [9.17, 15) is 9.18 Å². The van der Waals surface area contributed by atoms with Crippen molar-refractivity contribution in [3.63, 3.8) is 0 Å². The zero-order chi connectivity index (χ0) is 20.0. The van der Waals surface area contributed by atoms with Gasteiger partial charge in [-0.25, -0.2) is 4.39 Å². The summed E-state index contributed by atoms with van der Waals surface area (Å²) in [5.41, 5.74) is 4.44. The van der Waals surface area contributed by atoms with Crippen LogP contribution in [0.4, 0.5) is 10.1 Å². The molecule has 4 aromatic rings. The summed E-state index contributed by atoms with van der Waals surface area (Å²) < 4.78 is 14.4. The van der Waals surface area contributed by atoms with Gasteiger partial charge in [0.2, 0.25) is 0 Å². The molecule has 1 atom stereocenters. The summed E-state index contributed by atoms with van der Waals surface area (Å²) in [6.45, 7) is 0. The molecule has 2 heterocycles. The Morgan fingerprint density at radius 3 is 2.31 bits per heavy atom. The molecule has 0 radical (unpaired) electrons. The van der Waals surface area contributed by atoms with Crippen LogP contribution in [0.2, 0.25) is 0 Å². The van der Waals surface area contributed by atoms with Gasteiger partial charge in [-0.15, -0.1) is 0 Å². The van der Waals surface area contributed by atoms with Crippen LogP contribution in [0.5, 0.6) is 0 Å². The average molecular weight is 448 g/mol. The Hall–Kier alpha value is -3.25. The molecule has 0 bridgehead atoms. The summed E-state index contributed by atoms with van der Waals surface area (Å²) in [4.78, 5) is 15.1. The van der Waals surface area contributed by atoms with Gasteiger partial charge >= 0.3 is 0 Å². The van der Waals surface area contributed by atoms with Crippen molar-refractivity contribution in [2.75, 3.05) is 4.90 Å². The first-order valence-electron chi connectivity index (χ1n) is 9.12. The highest BCUT2D eigenvalue weighted by molar-refractivity contribution is 9.10. The highest BCUT2D eigenvalue weighted by Crippen LogP contribution is 2.45. The predicted octanol–water partition coefficient (Wildman–Crippen LogP) is 5.73. The molecule has 5 rings (SSSR count). The number of carbonyl (C=O) groups excluding carboxylic acids is 1. The number of fused-ring (bicyclic) bond motifs is 1. The van der Waals surface area contributed by atoms with Gasteiger partial charge in [-0.1, -0.05) is 46.3 Å². The first-order valence-corrected chi connectivity index (χ1v) is 9.91. The maximum absolute atomic E-state index is 13.4. The number of carbonyl (C=O) groups is 1. The van der Waals surface area contributed by atoms with E-state index in [0.717, 1.165) is 26.9 Å². The molecule has 0 unspecified atom stereocenters.